The van der Waals surface area contributed by atoms with Crippen LogP contribution in [0.25, 0.3) is 10.8 Å². The average Bonchev–Trinajstić information content (AvgIpc) is 2.84. The second-order valence-electron chi connectivity index (χ2n) is 7.05. The number of anilines is 2. The van der Waals surface area contributed by atoms with Crippen molar-refractivity contribution in [3.05, 3.63) is 96.1 Å². The molecule has 0 saturated carbocycles. The van der Waals surface area contributed by atoms with Crippen LogP contribution >= 0.6 is 0 Å². The Morgan fingerprint density at radius 2 is 1.31 bits per heavy atom. The predicted octanol–water partition coefficient (Wildman–Crippen LogP) is 5.36. The van der Waals surface area contributed by atoms with E-state index in [1.54, 1.807) is 42.5 Å². The molecule has 0 aliphatic rings. The first-order chi connectivity index (χ1) is 15.6. The van der Waals surface area contributed by atoms with Crippen molar-refractivity contribution in [2.24, 2.45) is 0 Å². The summed E-state index contributed by atoms with van der Waals surface area (Å²) in [6.45, 7) is 0. The summed E-state index contributed by atoms with van der Waals surface area (Å²) < 4.78 is 10.5. The van der Waals surface area contributed by atoms with Gasteiger partial charge in [0.25, 0.3) is 11.8 Å². The Balaban J connectivity index is 1.59. The maximum Gasteiger partial charge on any atom is 0.257 e. The number of rotatable bonds is 6. The maximum atomic E-state index is 13.1. The molecular formula is C26H22N2O4. The Bertz CT molecular complexity index is 1290. The van der Waals surface area contributed by atoms with Crippen LogP contribution in [-0.4, -0.2) is 26.0 Å². The summed E-state index contributed by atoms with van der Waals surface area (Å²) in [7, 11) is 3.04. The van der Waals surface area contributed by atoms with Gasteiger partial charge in [-0.25, -0.2) is 0 Å². The molecule has 0 aliphatic heterocycles. The van der Waals surface area contributed by atoms with Crippen molar-refractivity contribution >= 4 is 34.0 Å². The van der Waals surface area contributed by atoms with Gasteiger partial charge in [0.15, 0.2) is 11.5 Å². The summed E-state index contributed by atoms with van der Waals surface area (Å²) in [4.78, 5) is 25.9. The molecule has 4 aromatic carbocycles. The van der Waals surface area contributed by atoms with Crippen LogP contribution in [0.3, 0.4) is 0 Å². The number of ether oxygens (including phenoxy) is 2. The zero-order chi connectivity index (χ0) is 22.5. The molecule has 0 saturated heterocycles. The molecule has 0 spiro atoms. The minimum atomic E-state index is -0.364. The van der Waals surface area contributed by atoms with Gasteiger partial charge in [0.1, 0.15) is 0 Å². The number of carbonyl (C=O) groups excluding carboxylic acids is 2. The summed E-state index contributed by atoms with van der Waals surface area (Å²) in [5.41, 5.74) is 1.85. The molecule has 0 atom stereocenters. The van der Waals surface area contributed by atoms with E-state index in [0.717, 1.165) is 10.8 Å². The number of hydrogen-bond acceptors (Lipinski definition) is 4. The van der Waals surface area contributed by atoms with Crippen molar-refractivity contribution < 1.29 is 19.1 Å². The van der Waals surface area contributed by atoms with Crippen LogP contribution in [0.1, 0.15) is 20.7 Å². The topological polar surface area (TPSA) is 76.7 Å². The first-order valence-corrected chi connectivity index (χ1v) is 10.0. The number of methoxy groups -OCH3 is 2. The van der Waals surface area contributed by atoms with Crippen LogP contribution in [0, 0.1) is 0 Å². The van der Waals surface area contributed by atoms with E-state index in [0.29, 0.717) is 34.0 Å². The van der Waals surface area contributed by atoms with Gasteiger partial charge < -0.3 is 20.1 Å². The lowest BCUT2D eigenvalue weighted by Crippen LogP contribution is -2.18. The molecule has 0 bridgehead atoms. The first-order valence-electron chi connectivity index (χ1n) is 10.0. The van der Waals surface area contributed by atoms with Gasteiger partial charge in [0, 0.05) is 16.6 Å². The minimum Gasteiger partial charge on any atom is -0.493 e. The number of para-hydroxylation sites is 1. The molecule has 0 aromatic heterocycles. The monoisotopic (exact) mass is 426 g/mol. The van der Waals surface area contributed by atoms with E-state index in [9.17, 15) is 9.59 Å². The first kappa shape index (κ1) is 20.9. The molecule has 0 aliphatic carbocycles. The SMILES string of the molecule is COc1ccc(C(=O)Nc2ccccc2C(=O)Nc2cccc3ccccc23)cc1OC. The highest BCUT2D eigenvalue weighted by molar-refractivity contribution is 6.14. The van der Waals surface area contributed by atoms with E-state index in [-0.39, 0.29) is 11.8 Å². The highest BCUT2D eigenvalue weighted by Crippen LogP contribution is 2.28. The molecule has 0 radical (unpaired) electrons. The molecule has 4 aromatic rings. The van der Waals surface area contributed by atoms with Gasteiger partial charge in [-0.2, -0.15) is 0 Å². The lowest BCUT2D eigenvalue weighted by atomic mass is 10.1. The number of amides is 2. The molecule has 0 unspecified atom stereocenters. The molecule has 160 valence electrons. The van der Waals surface area contributed by atoms with Crippen LogP contribution < -0.4 is 20.1 Å². The number of fused-ring (bicyclic) bond motifs is 1. The predicted molar refractivity (Wildman–Crippen MR) is 126 cm³/mol. The maximum absolute atomic E-state index is 13.1. The van der Waals surface area contributed by atoms with E-state index in [4.69, 9.17) is 9.47 Å². The van der Waals surface area contributed by atoms with E-state index in [2.05, 4.69) is 10.6 Å². The zero-order valence-electron chi connectivity index (χ0n) is 17.7. The fourth-order valence-electron chi connectivity index (χ4n) is 3.49. The van der Waals surface area contributed by atoms with E-state index in [1.165, 1.54) is 14.2 Å². The lowest BCUT2D eigenvalue weighted by molar-refractivity contribution is 0.102. The lowest BCUT2D eigenvalue weighted by Gasteiger charge is -2.14. The van der Waals surface area contributed by atoms with Gasteiger partial charge in [0.2, 0.25) is 0 Å². The summed E-state index contributed by atoms with van der Waals surface area (Å²) in [6.07, 6.45) is 0. The third-order valence-electron chi connectivity index (χ3n) is 5.10. The van der Waals surface area contributed by atoms with Crippen molar-refractivity contribution in [1.29, 1.82) is 0 Å². The molecule has 6 heteroatoms. The van der Waals surface area contributed by atoms with Gasteiger partial charge in [-0.05, 0) is 41.8 Å². The van der Waals surface area contributed by atoms with Gasteiger partial charge in [-0.15, -0.1) is 0 Å². The average molecular weight is 426 g/mol. The van der Waals surface area contributed by atoms with Gasteiger partial charge in [-0.1, -0.05) is 48.5 Å². The zero-order valence-corrected chi connectivity index (χ0v) is 17.7. The molecule has 0 fully saturated rings. The number of hydrogen-bond donors (Lipinski definition) is 2. The summed E-state index contributed by atoms with van der Waals surface area (Å²) in [6, 6.07) is 25.3. The molecular weight excluding hydrogens is 404 g/mol. The van der Waals surface area contributed by atoms with E-state index < -0.39 is 0 Å². The van der Waals surface area contributed by atoms with Crippen molar-refractivity contribution in [2.45, 2.75) is 0 Å². The van der Waals surface area contributed by atoms with Gasteiger partial charge >= 0.3 is 0 Å². The molecule has 32 heavy (non-hydrogen) atoms. The fourth-order valence-corrected chi connectivity index (χ4v) is 3.49. The third-order valence-corrected chi connectivity index (χ3v) is 5.10. The van der Waals surface area contributed by atoms with Crippen molar-refractivity contribution in [3.63, 3.8) is 0 Å². The van der Waals surface area contributed by atoms with Gasteiger partial charge in [-0.3, -0.25) is 9.59 Å². The summed E-state index contributed by atoms with van der Waals surface area (Å²) in [5.74, 6) is 0.293. The number of carbonyl (C=O) groups is 2. The van der Waals surface area contributed by atoms with E-state index >= 15 is 0 Å². The minimum absolute atomic E-state index is 0.315. The Morgan fingerprint density at radius 1 is 0.656 bits per heavy atom. The highest BCUT2D eigenvalue weighted by atomic mass is 16.5. The van der Waals surface area contributed by atoms with Crippen molar-refractivity contribution in [3.8, 4) is 11.5 Å². The smallest absolute Gasteiger partial charge is 0.257 e. The van der Waals surface area contributed by atoms with Crippen LogP contribution in [0.15, 0.2) is 84.9 Å². The highest BCUT2D eigenvalue weighted by Gasteiger charge is 2.16. The second kappa shape index (κ2) is 9.22. The van der Waals surface area contributed by atoms with Crippen LogP contribution in [0.5, 0.6) is 11.5 Å². The standard InChI is InChI=1S/C26H22N2O4/c1-31-23-15-14-18(16-24(23)32-2)25(29)27-22-12-6-5-11-20(22)26(30)28-21-13-7-9-17-8-3-4-10-19(17)21/h3-16H,1-2H3,(H,27,29)(H,28,30). The number of nitrogens with one attached hydrogen (secondary N) is 2. The third kappa shape index (κ3) is 4.25. The molecule has 2 N–H and O–H groups in total. The fraction of sp³-hybridized carbons (Fsp3) is 0.0769. The Labute approximate surface area is 185 Å². The van der Waals surface area contributed by atoms with Crippen molar-refractivity contribution in [1.82, 2.24) is 0 Å². The Kier molecular flexibility index (Phi) is 6.03. The molecule has 4 rings (SSSR count). The largest absolute Gasteiger partial charge is 0.493 e. The quantitative estimate of drug-likeness (QED) is 0.435. The summed E-state index contributed by atoms with van der Waals surface area (Å²) in [5, 5.41) is 7.75. The number of benzene rings is 4. The van der Waals surface area contributed by atoms with Crippen LogP contribution in [0.2, 0.25) is 0 Å². The van der Waals surface area contributed by atoms with Crippen LogP contribution in [0.4, 0.5) is 11.4 Å². The molecule has 0 heterocycles. The Hall–Kier alpha value is -4.32. The van der Waals surface area contributed by atoms with Gasteiger partial charge in [0.05, 0.1) is 25.5 Å². The molecule has 6 nitrogen and oxygen atoms in total. The summed E-state index contributed by atoms with van der Waals surface area (Å²) >= 11 is 0. The van der Waals surface area contributed by atoms with E-state index in [1.807, 2.05) is 42.5 Å². The van der Waals surface area contributed by atoms with Crippen molar-refractivity contribution in [2.75, 3.05) is 24.9 Å². The second-order valence-corrected chi connectivity index (χ2v) is 7.05. The van der Waals surface area contributed by atoms with Crippen LogP contribution in [-0.2, 0) is 0 Å². The Morgan fingerprint density at radius 3 is 2.12 bits per heavy atom. The molecule has 2 amide bonds. The normalized spacial score (nSPS) is 10.4.